The first-order chi connectivity index (χ1) is 11.5. The molecule has 7 heteroatoms. The Morgan fingerprint density at radius 2 is 1.79 bits per heavy atom. The highest BCUT2D eigenvalue weighted by Gasteiger charge is 2.21. The van der Waals surface area contributed by atoms with Crippen molar-refractivity contribution < 1.29 is 24.5 Å². The average Bonchev–Trinajstić information content (AvgIpc) is 2.56. The third-order valence-corrected chi connectivity index (χ3v) is 3.33. The lowest BCUT2D eigenvalue weighted by molar-refractivity contribution is -0.139. The summed E-state index contributed by atoms with van der Waals surface area (Å²) in [5, 5.41) is 23.5. The number of aliphatic carboxylic acids is 1. The van der Waals surface area contributed by atoms with Gasteiger partial charge in [0, 0.05) is 6.42 Å². The summed E-state index contributed by atoms with van der Waals surface area (Å²) >= 11 is 0. The van der Waals surface area contributed by atoms with Gasteiger partial charge in [-0.05, 0) is 29.8 Å². The Hall–Kier alpha value is -3.22. The van der Waals surface area contributed by atoms with Crippen LogP contribution in [0.25, 0.3) is 0 Å². The van der Waals surface area contributed by atoms with Crippen LogP contribution in [0.3, 0.4) is 0 Å². The number of phenols is 1. The third-order valence-electron chi connectivity index (χ3n) is 3.33. The van der Waals surface area contributed by atoms with Gasteiger partial charge in [0.1, 0.15) is 17.5 Å². The molecule has 2 aromatic rings. The van der Waals surface area contributed by atoms with Crippen molar-refractivity contribution in [2.45, 2.75) is 12.5 Å². The van der Waals surface area contributed by atoms with Gasteiger partial charge in [0.15, 0.2) is 0 Å². The molecule has 0 heterocycles. The van der Waals surface area contributed by atoms with Gasteiger partial charge in [0.25, 0.3) is 0 Å². The molecule has 2 rings (SSSR count). The van der Waals surface area contributed by atoms with E-state index in [-0.39, 0.29) is 12.2 Å². The summed E-state index contributed by atoms with van der Waals surface area (Å²) in [7, 11) is 1.48. The average molecular weight is 330 g/mol. The Morgan fingerprint density at radius 1 is 1.12 bits per heavy atom. The van der Waals surface area contributed by atoms with Gasteiger partial charge in [-0.25, -0.2) is 9.59 Å². The Kier molecular flexibility index (Phi) is 5.62. The van der Waals surface area contributed by atoms with Gasteiger partial charge < -0.3 is 25.6 Å². The second kappa shape index (κ2) is 7.87. The van der Waals surface area contributed by atoms with Crippen molar-refractivity contribution in [3.05, 3.63) is 54.1 Å². The number of ether oxygens (including phenoxy) is 1. The molecule has 1 atom stereocenters. The number of rotatable bonds is 6. The Morgan fingerprint density at radius 3 is 2.42 bits per heavy atom. The first-order valence-corrected chi connectivity index (χ1v) is 7.21. The molecule has 2 aromatic carbocycles. The van der Waals surface area contributed by atoms with Gasteiger partial charge in [0.05, 0.1) is 12.8 Å². The number of hydrogen-bond acceptors (Lipinski definition) is 4. The third kappa shape index (κ3) is 4.64. The van der Waals surface area contributed by atoms with E-state index in [1.54, 1.807) is 36.4 Å². The second-order valence-electron chi connectivity index (χ2n) is 5.06. The van der Waals surface area contributed by atoms with E-state index in [9.17, 15) is 19.8 Å². The summed E-state index contributed by atoms with van der Waals surface area (Å²) in [6.07, 6.45) is 0.0922. The van der Waals surface area contributed by atoms with Gasteiger partial charge in [-0.1, -0.05) is 24.3 Å². The van der Waals surface area contributed by atoms with E-state index in [4.69, 9.17) is 4.74 Å². The molecular weight excluding hydrogens is 312 g/mol. The van der Waals surface area contributed by atoms with Crippen molar-refractivity contribution in [2.24, 2.45) is 0 Å². The van der Waals surface area contributed by atoms with E-state index >= 15 is 0 Å². The number of amides is 2. The van der Waals surface area contributed by atoms with E-state index in [1.165, 1.54) is 19.2 Å². The Balaban J connectivity index is 2.03. The molecule has 0 saturated carbocycles. The zero-order chi connectivity index (χ0) is 17.5. The number of carboxylic acid groups (broad SMARTS) is 1. The fourth-order valence-electron chi connectivity index (χ4n) is 2.13. The van der Waals surface area contributed by atoms with Gasteiger partial charge in [0.2, 0.25) is 0 Å². The monoisotopic (exact) mass is 330 g/mol. The molecule has 0 fully saturated rings. The summed E-state index contributed by atoms with van der Waals surface area (Å²) in [5.41, 5.74) is 1.11. The Labute approximate surface area is 138 Å². The maximum Gasteiger partial charge on any atom is 0.326 e. The first-order valence-electron chi connectivity index (χ1n) is 7.21. The number of phenolic OH excluding ortho intramolecular Hbond substituents is 1. The van der Waals surface area contributed by atoms with Crippen LogP contribution in [0.2, 0.25) is 0 Å². The molecule has 0 aliphatic carbocycles. The van der Waals surface area contributed by atoms with Crippen LogP contribution in [0.4, 0.5) is 10.5 Å². The highest BCUT2D eigenvalue weighted by atomic mass is 16.5. The fourth-order valence-corrected chi connectivity index (χ4v) is 2.13. The number of hydrogen-bond donors (Lipinski definition) is 4. The number of carboxylic acids is 1. The summed E-state index contributed by atoms with van der Waals surface area (Å²) in [6.45, 7) is 0. The predicted molar refractivity (Wildman–Crippen MR) is 88.4 cm³/mol. The molecule has 0 saturated heterocycles. The van der Waals surface area contributed by atoms with Gasteiger partial charge in [-0.3, -0.25) is 0 Å². The highest BCUT2D eigenvalue weighted by molar-refractivity contribution is 5.93. The molecule has 0 spiro atoms. The minimum Gasteiger partial charge on any atom is -0.508 e. The van der Waals surface area contributed by atoms with E-state index in [0.29, 0.717) is 17.0 Å². The number of para-hydroxylation sites is 2. The summed E-state index contributed by atoms with van der Waals surface area (Å²) in [4.78, 5) is 23.4. The molecule has 2 amide bonds. The van der Waals surface area contributed by atoms with E-state index in [0.717, 1.165) is 0 Å². The number of anilines is 1. The van der Waals surface area contributed by atoms with Crippen LogP contribution in [0.15, 0.2) is 48.5 Å². The summed E-state index contributed by atoms with van der Waals surface area (Å²) in [6, 6.07) is 11.2. The minimum atomic E-state index is -1.15. The van der Waals surface area contributed by atoms with E-state index in [1.807, 2.05) is 0 Å². The zero-order valence-electron chi connectivity index (χ0n) is 13.0. The van der Waals surface area contributed by atoms with Crippen molar-refractivity contribution in [1.29, 1.82) is 0 Å². The van der Waals surface area contributed by atoms with Gasteiger partial charge >= 0.3 is 12.0 Å². The highest BCUT2D eigenvalue weighted by Crippen LogP contribution is 2.22. The van der Waals surface area contributed by atoms with Crippen LogP contribution in [-0.2, 0) is 11.2 Å². The number of urea groups is 1. The number of methoxy groups -OCH3 is 1. The molecule has 0 aromatic heterocycles. The quantitative estimate of drug-likeness (QED) is 0.649. The standard InChI is InChI=1S/C17H18N2O5/c1-24-15-5-3-2-4-13(15)18-17(23)19-14(16(21)22)10-11-6-8-12(20)9-7-11/h2-9,14,20H,10H2,1H3,(H,21,22)(H2,18,19,23). The fraction of sp³-hybridized carbons (Fsp3) is 0.176. The van der Waals surface area contributed by atoms with Crippen molar-refractivity contribution in [2.75, 3.05) is 12.4 Å². The van der Waals surface area contributed by atoms with E-state index < -0.39 is 18.0 Å². The molecule has 0 bridgehead atoms. The number of aromatic hydroxyl groups is 1. The minimum absolute atomic E-state index is 0.0903. The Bertz CT molecular complexity index is 715. The molecular formula is C17H18N2O5. The van der Waals surface area contributed by atoms with E-state index in [2.05, 4.69) is 10.6 Å². The number of benzene rings is 2. The lowest BCUT2D eigenvalue weighted by Crippen LogP contribution is -2.44. The van der Waals surface area contributed by atoms with Crippen molar-refractivity contribution in [1.82, 2.24) is 5.32 Å². The molecule has 0 radical (unpaired) electrons. The van der Waals surface area contributed by atoms with Gasteiger partial charge in [-0.15, -0.1) is 0 Å². The molecule has 0 aliphatic rings. The molecule has 1 unspecified atom stereocenters. The lowest BCUT2D eigenvalue weighted by atomic mass is 10.1. The van der Waals surface area contributed by atoms with Crippen LogP contribution in [0, 0.1) is 0 Å². The zero-order valence-corrected chi connectivity index (χ0v) is 13.0. The molecule has 7 nitrogen and oxygen atoms in total. The van der Waals surface area contributed by atoms with Crippen LogP contribution >= 0.6 is 0 Å². The van der Waals surface area contributed by atoms with Crippen LogP contribution in [-0.4, -0.2) is 35.4 Å². The van der Waals surface area contributed by atoms with Crippen molar-refractivity contribution in [3.8, 4) is 11.5 Å². The number of carbonyl (C=O) groups is 2. The summed E-state index contributed by atoms with van der Waals surface area (Å²) < 4.78 is 5.12. The molecule has 24 heavy (non-hydrogen) atoms. The van der Waals surface area contributed by atoms with Gasteiger partial charge in [-0.2, -0.15) is 0 Å². The molecule has 126 valence electrons. The first kappa shape index (κ1) is 17.1. The SMILES string of the molecule is COc1ccccc1NC(=O)NC(Cc1ccc(O)cc1)C(=O)O. The maximum atomic E-state index is 12.1. The smallest absolute Gasteiger partial charge is 0.326 e. The lowest BCUT2D eigenvalue weighted by Gasteiger charge is -2.16. The normalized spacial score (nSPS) is 11.4. The van der Waals surface area contributed by atoms with Crippen molar-refractivity contribution >= 4 is 17.7 Å². The molecule has 0 aliphatic heterocycles. The maximum absolute atomic E-state index is 12.1. The largest absolute Gasteiger partial charge is 0.508 e. The van der Waals surface area contributed by atoms with Crippen LogP contribution in [0.5, 0.6) is 11.5 Å². The topological polar surface area (TPSA) is 108 Å². The van der Waals surface area contributed by atoms with Crippen molar-refractivity contribution in [3.63, 3.8) is 0 Å². The predicted octanol–water partition coefficient (Wildman–Crippen LogP) is 2.22. The number of carbonyl (C=O) groups excluding carboxylic acids is 1. The number of nitrogens with one attached hydrogen (secondary N) is 2. The molecule has 4 N–H and O–H groups in total. The van der Waals surface area contributed by atoms with Crippen LogP contribution < -0.4 is 15.4 Å². The second-order valence-corrected chi connectivity index (χ2v) is 5.06. The summed E-state index contributed by atoms with van der Waals surface area (Å²) in [5.74, 6) is -0.594. The van der Waals surface area contributed by atoms with Crippen LogP contribution in [0.1, 0.15) is 5.56 Å².